The Balaban J connectivity index is 3.16. The van der Waals surface area contributed by atoms with Crippen LogP contribution in [-0.4, -0.2) is 10.9 Å². The van der Waals surface area contributed by atoms with E-state index in [0.29, 0.717) is 0 Å². The van der Waals surface area contributed by atoms with Gasteiger partial charge in [-0.2, -0.15) is 10.5 Å². The smallest absolute Gasteiger partial charge is 0.286 e. The van der Waals surface area contributed by atoms with Crippen LogP contribution >= 0.6 is 0 Å². The summed E-state index contributed by atoms with van der Waals surface area (Å²) in [5, 5.41) is 32.4. The summed E-state index contributed by atoms with van der Waals surface area (Å²) >= 11 is 0. The van der Waals surface area contributed by atoms with Gasteiger partial charge >= 0.3 is 0 Å². The van der Waals surface area contributed by atoms with Crippen LogP contribution < -0.4 is 0 Å². The quantitative estimate of drug-likeness (QED) is 0.219. The Kier molecular flexibility index (Phi) is 4.24. The minimum Gasteiger partial charge on any atom is -0.498 e. The highest BCUT2D eigenvalue weighted by molar-refractivity contribution is 6.07. The van der Waals surface area contributed by atoms with Crippen LogP contribution in [0.15, 0.2) is 46.0 Å². The van der Waals surface area contributed by atoms with Crippen LogP contribution in [0.4, 0.5) is 10.1 Å². The molecule has 0 radical (unpaired) electrons. The lowest BCUT2D eigenvalue weighted by atomic mass is 10.3. The van der Waals surface area contributed by atoms with E-state index in [4.69, 9.17) is 15.6 Å². The molecule has 0 heterocycles. The van der Waals surface area contributed by atoms with E-state index >= 15 is 0 Å². The van der Waals surface area contributed by atoms with Gasteiger partial charge in [-0.1, -0.05) is 12.1 Å². The van der Waals surface area contributed by atoms with Crippen LogP contribution in [0.5, 0.6) is 0 Å². The molecule has 1 N–H and O–H groups in total. The highest BCUT2D eigenvalue weighted by Gasteiger charge is 2.14. The molecule has 1 rings (SSSR count). The van der Waals surface area contributed by atoms with Gasteiger partial charge in [0.1, 0.15) is 17.8 Å². The van der Waals surface area contributed by atoms with Crippen molar-refractivity contribution in [3.05, 3.63) is 41.5 Å². The number of aliphatic hydroxyl groups excluding tert-OH is 1. The van der Waals surface area contributed by atoms with Crippen molar-refractivity contribution in [3.63, 3.8) is 0 Å². The highest BCUT2D eigenvalue weighted by Crippen LogP contribution is 2.18. The zero-order valence-corrected chi connectivity index (χ0v) is 8.83. The van der Waals surface area contributed by atoms with E-state index in [1.165, 1.54) is 30.3 Å². The van der Waals surface area contributed by atoms with E-state index in [0.717, 1.165) is 6.07 Å². The van der Waals surface area contributed by atoms with Crippen molar-refractivity contribution >= 4 is 11.5 Å². The lowest BCUT2D eigenvalue weighted by Crippen LogP contribution is -1.99. The molecule has 1 aromatic rings. The minimum atomic E-state index is -1.24. The fourth-order valence-electron chi connectivity index (χ4n) is 0.943. The summed E-state index contributed by atoms with van der Waals surface area (Å²) in [6.45, 7) is 0. The number of nitriles is 2. The zero-order valence-electron chi connectivity index (χ0n) is 8.83. The topological polar surface area (TPSA) is 110 Å². The van der Waals surface area contributed by atoms with Crippen LogP contribution in [0.2, 0.25) is 0 Å². The molecule has 1 aromatic carbocycles. The zero-order chi connectivity index (χ0) is 13.5. The Bertz CT molecular complexity index is 623. The molecule has 0 aromatic heterocycles. The third-order valence-electron chi connectivity index (χ3n) is 1.76. The van der Waals surface area contributed by atoms with Crippen molar-refractivity contribution in [2.75, 3.05) is 0 Å². The van der Waals surface area contributed by atoms with Gasteiger partial charge in [0.05, 0.1) is 0 Å². The molecule has 0 unspecified atom stereocenters. The maximum atomic E-state index is 13.2. The van der Waals surface area contributed by atoms with Gasteiger partial charge < -0.3 is 5.11 Å². The Morgan fingerprint density at radius 1 is 1.28 bits per heavy atom. The number of rotatable bonds is 3. The number of nitrogens with zero attached hydrogens (tertiary/aromatic N) is 4. The van der Waals surface area contributed by atoms with Gasteiger partial charge in [0, 0.05) is 0 Å². The van der Waals surface area contributed by atoms with E-state index in [1.807, 2.05) is 0 Å². The molecule has 0 saturated heterocycles. The monoisotopic (exact) mass is 244 g/mol. The molecule has 0 aliphatic heterocycles. The average Bonchev–Trinajstić information content (AvgIpc) is 2.40. The normalized spacial score (nSPS) is 11.5. The second-order valence-electron chi connectivity index (χ2n) is 2.90. The summed E-state index contributed by atoms with van der Waals surface area (Å²) in [7, 11) is 0. The van der Waals surface area contributed by atoms with Crippen LogP contribution in [0.3, 0.4) is 0 Å². The van der Waals surface area contributed by atoms with Crippen molar-refractivity contribution in [2.24, 2.45) is 10.2 Å². The molecule has 88 valence electrons. The molecule has 0 aliphatic carbocycles. The first kappa shape index (κ1) is 13.0. The predicted octanol–water partition coefficient (Wildman–Crippen LogP) is 2.30. The van der Waals surface area contributed by atoms with E-state index in [2.05, 4.69) is 10.2 Å². The number of hydrogen-bond acceptors (Lipinski definition) is 6. The first-order valence-corrected chi connectivity index (χ1v) is 4.54. The van der Waals surface area contributed by atoms with Crippen molar-refractivity contribution < 1.29 is 14.3 Å². The largest absolute Gasteiger partial charge is 0.498 e. The first-order chi connectivity index (χ1) is 8.60. The summed E-state index contributed by atoms with van der Waals surface area (Å²) in [5.41, 5.74) is -1.02. The SMILES string of the molecule is N#CC(=O)/C(N=Nc1ccccc1F)=C(/O)C#N. The Labute approximate surface area is 101 Å². The van der Waals surface area contributed by atoms with Gasteiger partial charge in [-0.15, -0.1) is 10.2 Å². The number of ketones is 1. The van der Waals surface area contributed by atoms with Crippen LogP contribution in [0.1, 0.15) is 0 Å². The molecule has 0 atom stereocenters. The van der Waals surface area contributed by atoms with Gasteiger partial charge in [0.25, 0.3) is 5.78 Å². The van der Waals surface area contributed by atoms with Gasteiger partial charge in [0.15, 0.2) is 11.5 Å². The number of Topliss-reactive ketones (excluding diaryl/α,β-unsaturated/α-hetero) is 1. The summed E-state index contributed by atoms with van der Waals surface area (Å²) in [6, 6.07) is 7.73. The van der Waals surface area contributed by atoms with Crippen molar-refractivity contribution in [3.8, 4) is 12.1 Å². The van der Waals surface area contributed by atoms with Crippen molar-refractivity contribution in [1.82, 2.24) is 0 Å². The molecule has 0 bridgehead atoms. The van der Waals surface area contributed by atoms with E-state index in [9.17, 15) is 9.18 Å². The summed E-state index contributed by atoms with van der Waals surface area (Å²) in [5.74, 6) is -2.99. The third kappa shape index (κ3) is 2.97. The summed E-state index contributed by atoms with van der Waals surface area (Å²) in [4.78, 5) is 11.0. The molecule has 6 nitrogen and oxygen atoms in total. The number of carbonyl (C=O) groups is 1. The number of allylic oxidation sites excluding steroid dienone is 2. The molecule has 18 heavy (non-hydrogen) atoms. The molecule has 0 saturated carbocycles. The van der Waals surface area contributed by atoms with Gasteiger partial charge in [0.2, 0.25) is 5.76 Å². The molecule has 7 heteroatoms. The summed E-state index contributed by atoms with van der Waals surface area (Å²) in [6.07, 6.45) is 0. The van der Waals surface area contributed by atoms with E-state index < -0.39 is 23.1 Å². The van der Waals surface area contributed by atoms with Gasteiger partial charge in [-0.3, -0.25) is 4.79 Å². The maximum absolute atomic E-state index is 13.2. The standard InChI is InChI=1S/C11H5FN4O2/c12-7-3-1-2-4-8(7)15-16-11(9(17)5-13)10(18)6-14/h1-4,17H/b11-9-,16-15?. The minimum absolute atomic E-state index is 0.188. The lowest BCUT2D eigenvalue weighted by Gasteiger charge is -1.95. The number of halogens is 1. The second kappa shape index (κ2) is 5.87. The molecule has 0 amide bonds. The number of hydrogen-bond donors (Lipinski definition) is 1. The first-order valence-electron chi connectivity index (χ1n) is 4.54. The average molecular weight is 244 g/mol. The predicted molar refractivity (Wildman–Crippen MR) is 56.8 cm³/mol. The van der Waals surface area contributed by atoms with Crippen LogP contribution in [0.25, 0.3) is 0 Å². The molecular formula is C11H5FN4O2. The molecule has 0 spiro atoms. The summed E-state index contributed by atoms with van der Waals surface area (Å²) < 4.78 is 13.2. The fraction of sp³-hybridized carbons (Fsp3) is 0. The number of aliphatic hydroxyl groups is 1. The van der Waals surface area contributed by atoms with E-state index in [1.54, 1.807) is 0 Å². The Morgan fingerprint density at radius 2 is 1.94 bits per heavy atom. The van der Waals surface area contributed by atoms with Gasteiger partial charge in [-0.25, -0.2) is 4.39 Å². The maximum Gasteiger partial charge on any atom is 0.286 e. The lowest BCUT2D eigenvalue weighted by molar-refractivity contribution is -0.110. The van der Waals surface area contributed by atoms with Crippen LogP contribution in [0, 0.1) is 28.5 Å². The van der Waals surface area contributed by atoms with Crippen molar-refractivity contribution in [2.45, 2.75) is 0 Å². The number of azo groups is 1. The fourth-order valence-corrected chi connectivity index (χ4v) is 0.943. The molecule has 0 fully saturated rings. The Hall–Kier alpha value is -3.06. The Morgan fingerprint density at radius 3 is 2.50 bits per heavy atom. The van der Waals surface area contributed by atoms with Crippen LogP contribution in [-0.2, 0) is 4.79 Å². The third-order valence-corrected chi connectivity index (χ3v) is 1.76. The molecule has 0 aliphatic rings. The van der Waals surface area contributed by atoms with Crippen molar-refractivity contribution in [1.29, 1.82) is 10.5 Å². The molecular weight excluding hydrogens is 239 g/mol. The highest BCUT2D eigenvalue weighted by atomic mass is 19.1. The number of carbonyl (C=O) groups excluding carboxylic acids is 1. The number of benzene rings is 1. The van der Waals surface area contributed by atoms with Gasteiger partial charge in [-0.05, 0) is 12.1 Å². The second-order valence-corrected chi connectivity index (χ2v) is 2.90. The van der Waals surface area contributed by atoms with E-state index in [-0.39, 0.29) is 5.69 Å².